The Morgan fingerprint density at radius 1 is 1.44 bits per heavy atom. The van der Waals surface area contributed by atoms with E-state index in [4.69, 9.17) is 0 Å². The van der Waals surface area contributed by atoms with Gasteiger partial charge in [0, 0.05) is 22.2 Å². The third-order valence-electron chi connectivity index (χ3n) is 3.12. The lowest BCUT2D eigenvalue weighted by atomic mass is 10.0. The number of benzene rings is 1. The zero-order valence-corrected chi connectivity index (χ0v) is 12.0. The summed E-state index contributed by atoms with van der Waals surface area (Å²) < 4.78 is 22.1. The first-order chi connectivity index (χ1) is 8.46. The maximum Gasteiger partial charge on any atom is 0.147 e. The smallest absolute Gasteiger partial charge is 0.147 e. The molecule has 1 aliphatic heterocycles. The molecule has 2 unspecified atom stereocenters. The van der Waals surface area contributed by atoms with Crippen molar-refractivity contribution in [3.05, 3.63) is 29.8 Å². The van der Waals surface area contributed by atoms with Crippen molar-refractivity contribution in [1.82, 2.24) is 0 Å². The van der Waals surface area contributed by atoms with Gasteiger partial charge >= 0.3 is 0 Å². The monoisotopic (exact) mass is 286 g/mol. The standard InChI is InChI=1S/C13H18O3S2/c1-18(15,16)8-4-6-11(14)13-9-10-5-2-3-7-12(10)17-13/h2-3,5,7,11,13-14H,4,6,8-9H2,1H3. The molecule has 1 aromatic carbocycles. The summed E-state index contributed by atoms with van der Waals surface area (Å²) in [5.74, 6) is 0.161. The Labute approximate surface area is 113 Å². The van der Waals surface area contributed by atoms with Crippen LogP contribution < -0.4 is 0 Å². The van der Waals surface area contributed by atoms with Crippen molar-refractivity contribution >= 4 is 21.6 Å². The SMILES string of the molecule is CS(=O)(=O)CCCC(O)C1Cc2ccccc2S1. The largest absolute Gasteiger partial charge is 0.392 e. The van der Waals surface area contributed by atoms with Gasteiger partial charge in [-0.25, -0.2) is 8.42 Å². The maximum atomic E-state index is 11.0. The Bertz CT molecular complexity index is 486. The van der Waals surface area contributed by atoms with Crippen LogP contribution in [0.3, 0.4) is 0 Å². The van der Waals surface area contributed by atoms with Crippen LogP contribution in [-0.4, -0.2) is 36.9 Å². The van der Waals surface area contributed by atoms with Crippen LogP contribution in [0.5, 0.6) is 0 Å². The predicted octanol–water partition coefficient (Wildman–Crippen LogP) is 1.89. The van der Waals surface area contributed by atoms with Gasteiger partial charge in [0.1, 0.15) is 9.84 Å². The Kier molecular flexibility index (Phi) is 4.35. The fourth-order valence-corrected chi connectivity index (χ4v) is 4.20. The van der Waals surface area contributed by atoms with Gasteiger partial charge in [-0.1, -0.05) is 18.2 Å². The zero-order valence-electron chi connectivity index (χ0n) is 10.4. The Hall–Kier alpha value is -0.520. The first-order valence-corrected chi connectivity index (χ1v) is 9.00. The zero-order chi connectivity index (χ0) is 13.2. The molecule has 0 saturated heterocycles. The van der Waals surface area contributed by atoms with Crippen LogP contribution in [-0.2, 0) is 16.3 Å². The molecule has 0 spiro atoms. The highest BCUT2D eigenvalue weighted by molar-refractivity contribution is 8.00. The van der Waals surface area contributed by atoms with Gasteiger partial charge in [0.2, 0.25) is 0 Å². The molecule has 0 bridgehead atoms. The van der Waals surface area contributed by atoms with E-state index < -0.39 is 15.9 Å². The molecular weight excluding hydrogens is 268 g/mol. The van der Waals surface area contributed by atoms with E-state index in [-0.39, 0.29) is 11.0 Å². The van der Waals surface area contributed by atoms with Crippen LogP contribution in [0.2, 0.25) is 0 Å². The molecule has 1 heterocycles. The minimum absolute atomic E-state index is 0.161. The number of aliphatic hydroxyl groups is 1. The molecule has 3 nitrogen and oxygen atoms in total. The highest BCUT2D eigenvalue weighted by atomic mass is 32.2. The molecule has 0 amide bonds. The molecular formula is C13H18O3S2. The summed E-state index contributed by atoms with van der Waals surface area (Å²) in [5.41, 5.74) is 1.29. The summed E-state index contributed by atoms with van der Waals surface area (Å²) >= 11 is 1.70. The number of sulfone groups is 1. The highest BCUT2D eigenvalue weighted by Gasteiger charge is 2.27. The van der Waals surface area contributed by atoms with E-state index in [1.807, 2.05) is 12.1 Å². The minimum atomic E-state index is -2.91. The number of thioether (sulfide) groups is 1. The average molecular weight is 286 g/mol. The lowest BCUT2D eigenvalue weighted by molar-refractivity contribution is 0.161. The molecule has 5 heteroatoms. The fraction of sp³-hybridized carbons (Fsp3) is 0.538. The van der Waals surface area contributed by atoms with Crippen molar-refractivity contribution < 1.29 is 13.5 Å². The van der Waals surface area contributed by atoms with E-state index in [0.29, 0.717) is 12.8 Å². The first kappa shape index (κ1) is 13.9. The van der Waals surface area contributed by atoms with E-state index in [1.165, 1.54) is 16.7 Å². The van der Waals surface area contributed by atoms with Crippen LogP contribution in [0.4, 0.5) is 0 Å². The molecule has 0 aliphatic carbocycles. The number of hydrogen-bond donors (Lipinski definition) is 1. The third kappa shape index (κ3) is 3.73. The van der Waals surface area contributed by atoms with Crippen LogP contribution in [0.15, 0.2) is 29.2 Å². The van der Waals surface area contributed by atoms with E-state index >= 15 is 0 Å². The molecule has 0 radical (unpaired) electrons. The van der Waals surface area contributed by atoms with Gasteiger partial charge < -0.3 is 5.11 Å². The van der Waals surface area contributed by atoms with Gasteiger partial charge in [0.15, 0.2) is 0 Å². The lowest BCUT2D eigenvalue weighted by Crippen LogP contribution is -2.23. The molecule has 0 fully saturated rings. The average Bonchev–Trinajstić information content (AvgIpc) is 2.70. The third-order valence-corrected chi connectivity index (χ3v) is 5.58. The van der Waals surface area contributed by atoms with E-state index in [1.54, 1.807) is 11.8 Å². The van der Waals surface area contributed by atoms with E-state index in [2.05, 4.69) is 12.1 Å². The van der Waals surface area contributed by atoms with E-state index in [9.17, 15) is 13.5 Å². The lowest BCUT2D eigenvalue weighted by Gasteiger charge is -2.16. The van der Waals surface area contributed by atoms with Gasteiger partial charge in [-0.15, -0.1) is 11.8 Å². The van der Waals surface area contributed by atoms with Crippen LogP contribution >= 0.6 is 11.8 Å². The second kappa shape index (κ2) is 5.63. The normalized spacial score (nSPS) is 20.7. The van der Waals surface area contributed by atoms with Gasteiger partial charge in [0.25, 0.3) is 0 Å². The molecule has 1 aromatic rings. The predicted molar refractivity (Wildman–Crippen MR) is 74.7 cm³/mol. The second-order valence-electron chi connectivity index (χ2n) is 4.81. The summed E-state index contributed by atoms with van der Waals surface area (Å²) in [5, 5.41) is 10.3. The molecule has 1 aliphatic rings. The molecule has 18 heavy (non-hydrogen) atoms. The van der Waals surface area contributed by atoms with Crippen molar-refractivity contribution in [3.63, 3.8) is 0 Å². The van der Waals surface area contributed by atoms with Crippen molar-refractivity contribution in [1.29, 1.82) is 0 Å². The molecule has 2 rings (SSSR count). The van der Waals surface area contributed by atoms with Crippen molar-refractivity contribution in [2.45, 2.75) is 35.5 Å². The van der Waals surface area contributed by atoms with Crippen LogP contribution in [0, 0.1) is 0 Å². The summed E-state index contributed by atoms with van der Waals surface area (Å²) in [6.45, 7) is 0. The highest BCUT2D eigenvalue weighted by Crippen LogP contribution is 2.39. The first-order valence-electron chi connectivity index (χ1n) is 6.06. The topological polar surface area (TPSA) is 54.4 Å². The van der Waals surface area contributed by atoms with Gasteiger partial charge in [-0.05, 0) is 30.9 Å². The van der Waals surface area contributed by atoms with Crippen molar-refractivity contribution in [3.8, 4) is 0 Å². The fourth-order valence-electron chi connectivity index (χ4n) is 2.16. The molecule has 2 atom stereocenters. The molecule has 100 valence electrons. The quantitative estimate of drug-likeness (QED) is 0.898. The number of fused-ring (bicyclic) bond motifs is 1. The van der Waals surface area contributed by atoms with E-state index in [0.717, 1.165) is 6.42 Å². The van der Waals surface area contributed by atoms with Gasteiger partial charge in [-0.3, -0.25) is 0 Å². The summed E-state index contributed by atoms with van der Waals surface area (Å²) in [4.78, 5) is 1.24. The Morgan fingerprint density at radius 2 is 2.17 bits per heavy atom. The second-order valence-corrected chi connectivity index (χ2v) is 8.35. The summed E-state index contributed by atoms with van der Waals surface area (Å²) in [7, 11) is -2.91. The molecule has 0 aromatic heterocycles. The minimum Gasteiger partial charge on any atom is -0.392 e. The number of hydrogen-bond acceptors (Lipinski definition) is 4. The Morgan fingerprint density at radius 3 is 2.83 bits per heavy atom. The number of rotatable bonds is 5. The molecule has 0 saturated carbocycles. The van der Waals surface area contributed by atoms with Crippen LogP contribution in [0.25, 0.3) is 0 Å². The summed E-state index contributed by atoms with van der Waals surface area (Å²) in [6, 6.07) is 8.18. The Balaban J connectivity index is 1.84. The van der Waals surface area contributed by atoms with Gasteiger partial charge in [-0.2, -0.15) is 0 Å². The van der Waals surface area contributed by atoms with Crippen molar-refractivity contribution in [2.75, 3.05) is 12.0 Å². The van der Waals surface area contributed by atoms with Crippen LogP contribution in [0.1, 0.15) is 18.4 Å². The molecule has 1 N–H and O–H groups in total. The maximum absolute atomic E-state index is 11.0. The van der Waals surface area contributed by atoms with Gasteiger partial charge in [0.05, 0.1) is 6.10 Å². The summed E-state index contributed by atoms with van der Waals surface area (Å²) in [6.07, 6.45) is 2.77. The van der Waals surface area contributed by atoms with Crippen molar-refractivity contribution in [2.24, 2.45) is 0 Å². The number of aliphatic hydroxyl groups excluding tert-OH is 1.